The highest BCUT2D eigenvalue weighted by Crippen LogP contribution is 2.15. The highest BCUT2D eigenvalue weighted by atomic mass is 16.7. The van der Waals surface area contributed by atoms with Crippen molar-refractivity contribution in [2.24, 2.45) is 17.8 Å². The van der Waals surface area contributed by atoms with E-state index in [1.807, 2.05) is 0 Å². The Kier molecular flexibility index (Phi) is 19.2. The lowest BCUT2D eigenvalue weighted by atomic mass is 10.0. The molecule has 0 spiro atoms. The summed E-state index contributed by atoms with van der Waals surface area (Å²) in [4.78, 5) is 0. The Bertz CT molecular complexity index is 262. The van der Waals surface area contributed by atoms with Gasteiger partial charge < -0.3 is 9.47 Å². The summed E-state index contributed by atoms with van der Waals surface area (Å²) in [5.41, 5.74) is 0. The Balaban J connectivity index is 3.62. The number of rotatable bonds is 20. The third kappa shape index (κ3) is 22.1. The molecule has 0 radical (unpaired) electrons. The second kappa shape index (κ2) is 19.2. The fourth-order valence-electron chi connectivity index (χ4n) is 3.37. The van der Waals surface area contributed by atoms with Crippen LogP contribution in [0.3, 0.4) is 0 Å². The van der Waals surface area contributed by atoms with Crippen LogP contribution in [-0.4, -0.2) is 19.5 Å². The van der Waals surface area contributed by atoms with E-state index in [9.17, 15) is 0 Å². The topological polar surface area (TPSA) is 18.5 Å². The molecule has 0 aliphatic carbocycles. The van der Waals surface area contributed by atoms with Gasteiger partial charge in [0.25, 0.3) is 0 Å². The maximum Gasteiger partial charge on any atom is 0.157 e. The number of hydrogen-bond donors (Lipinski definition) is 0. The van der Waals surface area contributed by atoms with Crippen LogP contribution in [0.25, 0.3) is 0 Å². The molecule has 0 saturated carbocycles. The molecule has 0 amide bonds. The third-order valence-corrected chi connectivity index (χ3v) is 5.12. The number of hydrogen-bond acceptors (Lipinski definition) is 2. The largest absolute Gasteiger partial charge is 0.353 e. The first kappa shape index (κ1) is 26.9. The second-order valence-electron chi connectivity index (χ2n) is 9.70. The molecule has 0 heterocycles. The molecule has 0 aliphatic heterocycles. The van der Waals surface area contributed by atoms with Gasteiger partial charge >= 0.3 is 0 Å². The van der Waals surface area contributed by atoms with Gasteiger partial charge in [-0.05, 0) is 30.6 Å². The van der Waals surface area contributed by atoms with Gasteiger partial charge in [0.1, 0.15) is 0 Å². The van der Waals surface area contributed by atoms with Crippen molar-refractivity contribution in [1.29, 1.82) is 0 Å². The molecule has 0 saturated heterocycles. The van der Waals surface area contributed by atoms with E-state index in [0.717, 1.165) is 31.5 Å². The van der Waals surface area contributed by atoms with Crippen molar-refractivity contribution in [3.8, 4) is 0 Å². The fraction of sp³-hybridized carbons (Fsp3) is 1.00. The van der Waals surface area contributed by atoms with Gasteiger partial charge in [-0.2, -0.15) is 0 Å². The van der Waals surface area contributed by atoms with E-state index in [1.54, 1.807) is 0 Å². The summed E-state index contributed by atoms with van der Waals surface area (Å²) < 4.78 is 12.1. The van der Waals surface area contributed by atoms with Crippen molar-refractivity contribution >= 4 is 0 Å². The number of unbranched alkanes of at least 4 members (excludes halogenated alkanes) is 8. The first-order valence-corrected chi connectivity index (χ1v) is 12.1. The zero-order valence-corrected chi connectivity index (χ0v) is 19.7. The summed E-state index contributed by atoms with van der Waals surface area (Å²) in [7, 11) is 0. The SMILES string of the molecule is CC(C)CCCCCCCOC(CC(C)C)OCCCCCCCC(C)C. The van der Waals surface area contributed by atoms with Crippen LogP contribution in [0, 0.1) is 17.8 Å². The van der Waals surface area contributed by atoms with Gasteiger partial charge in [-0.1, -0.05) is 106 Å². The molecule has 0 unspecified atom stereocenters. The molecule has 0 fully saturated rings. The standard InChI is InChI=1S/C25H52O2/c1-22(2)17-13-9-7-11-15-19-26-25(21-24(5)6)27-20-16-12-8-10-14-18-23(3)4/h22-25H,7-21H2,1-6H3. The van der Waals surface area contributed by atoms with Crippen molar-refractivity contribution in [1.82, 2.24) is 0 Å². The summed E-state index contributed by atoms with van der Waals surface area (Å²) in [6.07, 6.45) is 16.9. The van der Waals surface area contributed by atoms with E-state index in [2.05, 4.69) is 41.5 Å². The van der Waals surface area contributed by atoms with E-state index in [4.69, 9.17) is 9.47 Å². The van der Waals surface area contributed by atoms with Crippen molar-refractivity contribution in [3.05, 3.63) is 0 Å². The Labute approximate surface area is 172 Å². The number of ether oxygens (including phenoxy) is 2. The summed E-state index contributed by atoms with van der Waals surface area (Å²) in [6, 6.07) is 0. The minimum absolute atomic E-state index is 0.00637. The lowest BCUT2D eigenvalue weighted by Gasteiger charge is -2.20. The quantitative estimate of drug-likeness (QED) is 0.155. The van der Waals surface area contributed by atoms with E-state index in [0.29, 0.717) is 5.92 Å². The van der Waals surface area contributed by atoms with Crippen LogP contribution in [0.2, 0.25) is 0 Å². The summed E-state index contributed by atoms with van der Waals surface area (Å²) in [6.45, 7) is 15.5. The van der Waals surface area contributed by atoms with Crippen molar-refractivity contribution in [2.75, 3.05) is 13.2 Å². The lowest BCUT2D eigenvalue weighted by molar-refractivity contribution is -0.152. The predicted molar refractivity (Wildman–Crippen MR) is 120 cm³/mol. The molecule has 0 atom stereocenters. The van der Waals surface area contributed by atoms with Crippen LogP contribution in [-0.2, 0) is 9.47 Å². The van der Waals surface area contributed by atoms with Crippen LogP contribution >= 0.6 is 0 Å². The van der Waals surface area contributed by atoms with E-state index in [-0.39, 0.29) is 6.29 Å². The Morgan fingerprint density at radius 3 is 1.19 bits per heavy atom. The third-order valence-electron chi connectivity index (χ3n) is 5.12. The maximum atomic E-state index is 6.05. The summed E-state index contributed by atoms with van der Waals surface area (Å²) in [5, 5.41) is 0. The van der Waals surface area contributed by atoms with E-state index < -0.39 is 0 Å². The fourth-order valence-corrected chi connectivity index (χ4v) is 3.37. The molecule has 0 aromatic heterocycles. The van der Waals surface area contributed by atoms with E-state index >= 15 is 0 Å². The molecule has 2 heteroatoms. The van der Waals surface area contributed by atoms with E-state index in [1.165, 1.54) is 77.0 Å². The van der Waals surface area contributed by atoms with Crippen molar-refractivity contribution in [3.63, 3.8) is 0 Å². The maximum absolute atomic E-state index is 6.05. The zero-order chi connectivity index (χ0) is 20.3. The highest BCUT2D eigenvalue weighted by Gasteiger charge is 2.11. The van der Waals surface area contributed by atoms with Crippen LogP contribution < -0.4 is 0 Å². The van der Waals surface area contributed by atoms with Gasteiger partial charge in [-0.3, -0.25) is 0 Å². The Morgan fingerprint density at radius 1 is 0.444 bits per heavy atom. The summed E-state index contributed by atoms with van der Waals surface area (Å²) >= 11 is 0. The highest BCUT2D eigenvalue weighted by molar-refractivity contribution is 4.54. The predicted octanol–water partition coefficient (Wildman–Crippen LogP) is 8.39. The molecule has 0 aromatic carbocycles. The Morgan fingerprint density at radius 2 is 0.815 bits per heavy atom. The smallest absolute Gasteiger partial charge is 0.157 e. The molecule has 0 N–H and O–H groups in total. The average Bonchev–Trinajstić information content (AvgIpc) is 2.58. The van der Waals surface area contributed by atoms with Crippen molar-refractivity contribution in [2.45, 2.75) is 131 Å². The normalized spacial score (nSPS) is 12.2. The molecular formula is C25H52O2. The molecular weight excluding hydrogens is 332 g/mol. The summed E-state index contributed by atoms with van der Waals surface area (Å²) in [5.74, 6) is 2.33. The average molecular weight is 385 g/mol. The van der Waals surface area contributed by atoms with Crippen LogP contribution in [0.5, 0.6) is 0 Å². The molecule has 2 nitrogen and oxygen atoms in total. The van der Waals surface area contributed by atoms with Crippen LogP contribution in [0.4, 0.5) is 0 Å². The first-order chi connectivity index (χ1) is 12.9. The monoisotopic (exact) mass is 384 g/mol. The van der Waals surface area contributed by atoms with Gasteiger partial charge in [0.05, 0.1) is 0 Å². The molecule has 27 heavy (non-hydrogen) atoms. The van der Waals surface area contributed by atoms with Crippen LogP contribution in [0.1, 0.15) is 125 Å². The van der Waals surface area contributed by atoms with Crippen LogP contribution in [0.15, 0.2) is 0 Å². The minimum atomic E-state index is 0.00637. The molecule has 0 aromatic rings. The van der Waals surface area contributed by atoms with Gasteiger partial charge in [-0.25, -0.2) is 0 Å². The molecule has 164 valence electrons. The zero-order valence-electron chi connectivity index (χ0n) is 19.7. The van der Waals surface area contributed by atoms with Gasteiger partial charge in [0.15, 0.2) is 6.29 Å². The second-order valence-corrected chi connectivity index (χ2v) is 9.70. The minimum Gasteiger partial charge on any atom is -0.353 e. The first-order valence-electron chi connectivity index (χ1n) is 12.1. The van der Waals surface area contributed by atoms with Gasteiger partial charge in [0.2, 0.25) is 0 Å². The Hall–Kier alpha value is -0.0800. The van der Waals surface area contributed by atoms with Crippen molar-refractivity contribution < 1.29 is 9.47 Å². The molecule has 0 aliphatic rings. The lowest BCUT2D eigenvalue weighted by Crippen LogP contribution is -2.21. The molecule has 0 rings (SSSR count). The van der Waals surface area contributed by atoms with Gasteiger partial charge in [0, 0.05) is 19.6 Å². The van der Waals surface area contributed by atoms with Gasteiger partial charge in [-0.15, -0.1) is 0 Å². The molecule has 0 bridgehead atoms.